The van der Waals surface area contributed by atoms with E-state index in [-0.39, 0.29) is 11.9 Å². The highest BCUT2D eigenvalue weighted by Gasteiger charge is 2.16. The van der Waals surface area contributed by atoms with Crippen molar-refractivity contribution >= 4 is 22.4 Å². The molecule has 0 bridgehead atoms. The van der Waals surface area contributed by atoms with Gasteiger partial charge in [-0.3, -0.25) is 4.79 Å². The second-order valence-corrected chi connectivity index (χ2v) is 4.07. The molecule has 2 rings (SSSR count). The van der Waals surface area contributed by atoms with Crippen LogP contribution in [0.15, 0.2) is 17.5 Å². The summed E-state index contributed by atoms with van der Waals surface area (Å²) in [5, 5.41) is 5.00. The summed E-state index contributed by atoms with van der Waals surface area (Å²) < 4.78 is 0. The predicted molar refractivity (Wildman–Crippen MR) is 56.2 cm³/mol. The Labute approximate surface area is 85.8 Å². The number of rotatable bonds is 2. The van der Waals surface area contributed by atoms with Gasteiger partial charge in [0.05, 0.1) is 0 Å². The number of nitrogen functional groups attached to an aromatic ring is 1. The van der Waals surface area contributed by atoms with E-state index in [4.69, 9.17) is 5.73 Å². The normalized spacial score (nSPS) is 16.0. The van der Waals surface area contributed by atoms with Gasteiger partial charge in [0.15, 0.2) is 5.13 Å². The summed E-state index contributed by atoms with van der Waals surface area (Å²) in [5.41, 5.74) is 5.86. The van der Waals surface area contributed by atoms with Crippen LogP contribution in [0, 0.1) is 0 Å². The summed E-state index contributed by atoms with van der Waals surface area (Å²) in [6.45, 7) is 0. The fourth-order valence-electron chi connectivity index (χ4n) is 1.39. The Morgan fingerprint density at radius 3 is 2.86 bits per heavy atom. The van der Waals surface area contributed by atoms with Gasteiger partial charge < -0.3 is 11.1 Å². The van der Waals surface area contributed by atoms with Gasteiger partial charge in [-0.05, 0) is 12.8 Å². The minimum absolute atomic E-state index is 0.133. The van der Waals surface area contributed by atoms with Gasteiger partial charge in [0, 0.05) is 11.4 Å². The fraction of sp³-hybridized carbons (Fsp3) is 0.333. The lowest BCUT2D eigenvalue weighted by Gasteiger charge is -2.09. The van der Waals surface area contributed by atoms with E-state index in [0.717, 1.165) is 12.8 Å². The van der Waals surface area contributed by atoms with Crippen LogP contribution in [0.3, 0.4) is 0 Å². The number of hydrogen-bond acceptors (Lipinski definition) is 4. The quantitative estimate of drug-likeness (QED) is 0.718. The van der Waals surface area contributed by atoms with Crippen LogP contribution in [0.25, 0.3) is 0 Å². The molecular formula is C9H11N3OS. The van der Waals surface area contributed by atoms with Crippen LogP contribution < -0.4 is 11.1 Å². The van der Waals surface area contributed by atoms with E-state index in [9.17, 15) is 4.79 Å². The van der Waals surface area contributed by atoms with Crippen molar-refractivity contribution in [1.82, 2.24) is 10.3 Å². The average Bonchev–Trinajstić information content (AvgIpc) is 2.75. The molecule has 0 aromatic carbocycles. The molecule has 0 saturated heterocycles. The highest BCUT2D eigenvalue weighted by Crippen LogP contribution is 2.13. The zero-order valence-electron chi connectivity index (χ0n) is 7.56. The average molecular weight is 209 g/mol. The van der Waals surface area contributed by atoms with Crippen LogP contribution in [0.2, 0.25) is 0 Å². The summed E-state index contributed by atoms with van der Waals surface area (Å²) >= 11 is 1.28. The van der Waals surface area contributed by atoms with E-state index in [1.165, 1.54) is 11.3 Å². The minimum Gasteiger partial charge on any atom is -0.375 e. The first-order valence-electron chi connectivity index (χ1n) is 4.42. The van der Waals surface area contributed by atoms with Crippen LogP contribution in [-0.2, 0) is 0 Å². The van der Waals surface area contributed by atoms with Crippen molar-refractivity contribution in [3.63, 3.8) is 0 Å². The number of nitrogens with zero attached hydrogens (tertiary/aromatic N) is 1. The number of hydrogen-bond donors (Lipinski definition) is 2. The third kappa shape index (κ3) is 1.93. The molecule has 0 saturated carbocycles. The van der Waals surface area contributed by atoms with Crippen molar-refractivity contribution in [2.75, 3.05) is 5.73 Å². The molecule has 0 atom stereocenters. The van der Waals surface area contributed by atoms with E-state index in [0.29, 0.717) is 10.8 Å². The summed E-state index contributed by atoms with van der Waals surface area (Å²) in [6, 6.07) is 0.227. The molecule has 0 aliphatic heterocycles. The number of amides is 1. The standard InChI is InChI=1S/C9H11N3OS/c10-9-12-7(5-14-9)8(13)11-6-3-1-2-4-6/h1-2,5-6H,3-4H2,(H2,10,12)(H,11,13). The van der Waals surface area contributed by atoms with Crippen molar-refractivity contribution in [2.24, 2.45) is 0 Å². The number of nitrogens with one attached hydrogen (secondary N) is 1. The van der Waals surface area contributed by atoms with Gasteiger partial charge in [-0.25, -0.2) is 4.98 Å². The van der Waals surface area contributed by atoms with Crippen molar-refractivity contribution in [3.05, 3.63) is 23.2 Å². The molecule has 1 amide bonds. The zero-order valence-corrected chi connectivity index (χ0v) is 8.38. The van der Waals surface area contributed by atoms with Crippen LogP contribution in [-0.4, -0.2) is 16.9 Å². The third-order valence-electron chi connectivity index (χ3n) is 2.10. The van der Waals surface area contributed by atoms with Crippen LogP contribution in [0.5, 0.6) is 0 Å². The van der Waals surface area contributed by atoms with E-state index in [1.807, 2.05) is 0 Å². The van der Waals surface area contributed by atoms with Crippen LogP contribution in [0.1, 0.15) is 23.3 Å². The van der Waals surface area contributed by atoms with Crippen molar-refractivity contribution in [3.8, 4) is 0 Å². The number of nitrogens with two attached hydrogens (primary N) is 1. The van der Waals surface area contributed by atoms with Gasteiger partial charge >= 0.3 is 0 Å². The van der Waals surface area contributed by atoms with E-state index >= 15 is 0 Å². The third-order valence-corrected chi connectivity index (χ3v) is 2.77. The molecule has 4 nitrogen and oxygen atoms in total. The van der Waals surface area contributed by atoms with Gasteiger partial charge in [0.2, 0.25) is 0 Å². The summed E-state index contributed by atoms with van der Waals surface area (Å²) in [6.07, 6.45) is 5.96. The zero-order chi connectivity index (χ0) is 9.97. The summed E-state index contributed by atoms with van der Waals surface area (Å²) in [4.78, 5) is 15.5. The first-order valence-corrected chi connectivity index (χ1v) is 5.30. The smallest absolute Gasteiger partial charge is 0.271 e. The lowest BCUT2D eigenvalue weighted by Crippen LogP contribution is -2.33. The Kier molecular flexibility index (Phi) is 2.49. The maximum absolute atomic E-state index is 11.6. The number of carbonyl (C=O) groups is 1. The van der Waals surface area contributed by atoms with Crippen LogP contribution >= 0.6 is 11.3 Å². The molecular weight excluding hydrogens is 198 g/mol. The highest BCUT2D eigenvalue weighted by molar-refractivity contribution is 7.13. The lowest BCUT2D eigenvalue weighted by atomic mass is 10.2. The summed E-state index contributed by atoms with van der Waals surface area (Å²) in [7, 11) is 0. The number of thiazole rings is 1. The maximum Gasteiger partial charge on any atom is 0.271 e. The van der Waals surface area contributed by atoms with Gasteiger partial charge in [0.1, 0.15) is 5.69 Å². The molecule has 0 radical (unpaired) electrons. The van der Waals surface area contributed by atoms with Crippen LogP contribution in [0.4, 0.5) is 5.13 Å². The SMILES string of the molecule is Nc1nc(C(=O)NC2CC=CC2)cs1. The van der Waals surface area contributed by atoms with E-state index < -0.39 is 0 Å². The van der Waals surface area contributed by atoms with Crippen molar-refractivity contribution in [2.45, 2.75) is 18.9 Å². The van der Waals surface area contributed by atoms with Gasteiger partial charge in [-0.1, -0.05) is 12.2 Å². The molecule has 3 N–H and O–H groups in total. The molecule has 1 aromatic rings. The van der Waals surface area contributed by atoms with E-state index in [2.05, 4.69) is 22.5 Å². The number of carbonyl (C=O) groups excluding carboxylic acids is 1. The lowest BCUT2D eigenvalue weighted by molar-refractivity contribution is 0.0934. The molecule has 1 aliphatic rings. The molecule has 1 aromatic heterocycles. The largest absolute Gasteiger partial charge is 0.375 e. The molecule has 0 spiro atoms. The van der Waals surface area contributed by atoms with Gasteiger partial charge in [0.25, 0.3) is 5.91 Å². The Hall–Kier alpha value is -1.36. The first-order chi connectivity index (χ1) is 6.75. The monoisotopic (exact) mass is 209 g/mol. The highest BCUT2D eigenvalue weighted by atomic mass is 32.1. The molecule has 0 fully saturated rings. The Bertz CT molecular complexity index is 364. The number of anilines is 1. The molecule has 5 heteroatoms. The Morgan fingerprint density at radius 1 is 1.57 bits per heavy atom. The van der Waals surface area contributed by atoms with E-state index in [1.54, 1.807) is 5.38 Å². The second-order valence-electron chi connectivity index (χ2n) is 3.18. The van der Waals surface area contributed by atoms with Gasteiger partial charge in [-0.2, -0.15) is 0 Å². The fourth-order valence-corrected chi connectivity index (χ4v) is 1.93. The van der Waals surface area contributed by atoms with Crippen molar-refractivity contribution < 1.29 is 4.79 Å². The Balaban J connectivity index is 1.95. The molecule has 1 aliphatic carbocycles. The maximum atomic E-state index is 11.6. The van der Waals surface area contributed by atoms with Gasteiger partial charge in [-0.15, -0.1) is 11.3 Å². The summed E-state index contributed by atoms with van der Waals surface area (Å²) in [5.74, 6) is -0.133. The predicted octanol–water partition coefficient (Wildman–Crippen LogP) is 1.17. The first kappa shape index (κ1) is 9.21. The Morgan fingerprint density at radius 2 is 2.29 bits per heavy atom. The van der Waals surface area contributed by atoms with Crippen molar-refractivity contribution in [1.29, 1.82) is 0 Å². The molecule has 0 unspecified atom stereocenters. The second kappa shape index (κ2) is 3.79. The topological polar surface area (TPSA) is 68.0 Å². The molecule has 1 heterocycles. The molecule has 14 heavy (non-hydrogen) atoms. The number of aromatic nitrogens is 1. The minimum atomic E-state index is -0.133. The molecule has 74 valence electrons.